The summed E-state index contributed by atoms with van der Waals surface area (Å²) in [4.78, 5) is 13.4. The Kier molecular flexibility index (Phi) is 11.1. The minimum Gasteiger partial charge on any atom is -0.395 e. The van der Waals surface area contributed by atoms with Gasteiger partial charge in [-0.05, 0) is 0 Å². The summed E-state index contributed by atoms with van der Waals surface area (Å²) in [5, 5.41) is 0. The second-order valence-corrected chi connectivity index (χ2v) is 1.28. The number of pyridine rings is 1. The summed E-state index contributed by atoms with van der Waals surface area (Å²) in [6, 6.07) is 3.17. The summed E-state index contributed by atoms with van der Waals surface area (Å²) in [6.07, 6.45) is 5.64. The first-order valence-electron chi connectivity index (χ1n) is 2.14. The fourth-order valence-electron chi connectivity index (χ4n) is 0.380. The van der Waals surface area contributed by atoms with E-state index in [1.807, 2.05) is 0 Å². The molecule has 1 heterocycles. The van der Waals surface area contributed by atoms with Crippen molar-refractivity contribution in [1.29, 1.82) is 0 Å². The maximum absolute atomic E-state index is 9.83. The molecule has 0 bridgehead atoms. The van der Waals surface area contributed by atoms with Gasteiger partial charge in [-0.2, -0.15) is 12.1 Å². The van der Waals surface area contributed by atoms with Gasteiger partial charge in [0.2, 0.25) is 0 Å². The van der Waals surface area contributed by atoms with E-state index < -0.39 is 0 Å². The Balaban J connectivity index is 0. The van der Waals surface area contributed by atoms with E-state index in [1.165, 1.54) is 6.20 Å². The van der Waals surface area contributed by atoms with Crippen LogP contribution < -0.4 is 0 Å². The van der Waals surface area contributed by atoms with E-state index in [2.05, 4.69) is 11.2 Å². The van der Waals surface area contributed by atoms with Crippen LogP contribution in [0, 0.1) is 6.20 Å². The molecule has 0 spiro atoms. The van der Waals surface area contributed by atoms with Crippen LogP contribution in [-0.4, -0.2) is 11.3 Å². The van der Waals surface area contributed by atoms with Crippen LogP contribution in [0.1, 0.15) is 5.56 Å². The summed E-state index contributed by atoms with van der Waals surface area (Å²) in [6.45, 7) is 0. The molecule has 0 aliphatic carbocycles. The van der Waals surface area contributed by atoms with E-state index in [4.69, 9.17) is 0 Å². The second kappa shape index (κ2) is 8.13. The van der Waals surface area contributed by atoms with Gasteiger partial charge in [-0.1, -0.05) is 12.4 Å². The number of nitrogens with zero attached hydrogens (tertiary/aromatic N) is 1. The van der Waals surface area contributed by atoms with Crippen LogP contribution in [-0.2, 0) is 70.2 Å². The fraction of sp³-hybridized carbons (Fsp3) is 0. The monoisotopic (exact) mass is 283 g/mol. The zero-order chi connectivity index (χ0) is 5.82. The molecule has 10 heavy (non-hydrogen) atoms. The standard InChI is InChI=1S/C6H3NO.2Y/c8-5-6-2-1-3-7-4-6;;/h1-2,4H;;/q-2;;. The van der Waals surface area contributed by atoms with Gasteiger partial charge < -0.3 is 9.78 Å². The van der Waals surface area contributed by atoms with Crippen LogP contribution >= 0.6 is 0 Å². The second-order valence-electron chi connectivity index (χ2n) is 1.28. The van der Waals surface area contributed by atoms with Gasteiger partial charge in [0.15, 0.2) is 0 Å². The first-order chi connectivity index (χ1) is 3.93. The first-order valence-corrected chi connectivity index (χ1v) is 2.14. The van der Waals surface area contributed by atoms with E-state index in [0.29, 0.717) is 5.56 Å². The van der Waals surface area contributed by atoms with Crippen molar-refractivity contribution >= 4 is 6.29 Å². The van der Waals surface area contributed by atoms with Crippen molar-refractivity contribution in [2.45, 2.75) is 0 Å². The Morgan fingerprint density at radius 2 is 2.20 bits per heavy atom. The van der Waals surface area contributed by atoms with Gasteiger partial charge in [-0.3, -0.25) is 0 Å². The number of hydrogen-bond donors (Lipinski definition) is 0. The maximum Gasteiger partial charge on any atom is 0.0640 e. The SMILES string of the molecule is O=[C-]c1cc[c-]nc1.[Y].[Y]. The normalized spacial score (nSPS) is 6.80. The van der Waals surface area contributed by atoms with Crippen molar-refractivity contribution < 1.29 is 70.2 Å². The number of rotatable bonds is 1. The Morgan fingerprint density at radius 1 is 1.50 bits per heavy atom. The van der Waals surface area contributed by atoms with Gasteiger partial charge in [-0.25, -0.2) is 0 Å². The zero-order valence-corrected chi connectivity index (χ0v) is 10.9. The van der Waals surface area contributed by atoms with Crippen LogP contribution in [0.15, 0.2) is 18.3 Å². The maximum atomic E-state index is 9.83. The third kappa shape index (κ3) is 4.78. The van der Waals surface area contributed by atoms with Crippen molar-refractivity contribution in [3.05, 3.63) is 30.1 Å². The van der Waals surface area contributed by atoms with E-state index in [-0.39, 0.29) is 65.4 Å². The van der Waals surface area contributed by atoms with Crippen LogP contribution in [0.5, 0.6) is 0 Å². The smallest absolute Gasteiger partial charge is 0.0640 e. The molecule has 2 radical (unpaired) electrons. The molecule has 0 aliphatic rings. The third-order valence-electron chi connectivity index (χ3n) is 0.733. The quantitative estimate of drug-likeness (QED) is 0.695. The number of hydrogen-bond acceptors (Lipinski definition) is 2. The molecule has 0 N–H and O–H groups in total. The van der Waals surface area contributed by atoms with Gasteiger partial charge in [0.05, 0.1) is 6.29 Å². The molecule has 0 aliphatic heterocycles. The van der Waals surface area contributed by atoms with E-state index in [0.717, 1.165) is 0 Å². The summed E-state index contributed by atoms with van der Waals surface area (Å²) in [7, 11) is 0. The van der Waals surface area contributed by atoms with Gasteiger partial charge in [-0.15, -0.1) is 5.56 Å². The Labute approximate surface area is 110 Å². The molecule has 0 fully saturated rings. The number of aromatic nitrogens is 1. The molecule has 46 valence electrons. The van der Waals surface area contributed by atoms with Crippen LogP contribution in [0.4, 0.5) is 0 Å². The van der Waals surface area contributed by atoms with Crippen LogP contribution in [0.2, 0.25) is 0 Å². The molecule has 0 aromatic carbocycles. The summed E-state index contributed by atoms with van der Waals surface area (Å²) < 4.78 is 0. The molecule has 1 aromatic rings. The molecule has 0 saturated carbocycles. The molecular formula is C6H3NOY2-2. The fourth-order valence-corrected chi connectivity index (χ4v) is 0.380. The van der Waals surface area contributed by atoms with Crippen molar-refractivity contribution in [1.82, 2.24) is 4.98 Å². The predicted octanol–water partition coefficient (Wildman–Crippen LogP) is 0.335. The van der Waals surface area contributed by atoms with E-state index in [9.17, 15) is 4.79 Å². The van der Waals surface area contributed by atoms with E-state index >= 15 is 0 Å². The Hall–Kier alpha value is 1.03. The topological polar surface area (TPSA) is 30.0 Å². The molecule has 1 rings (SSSR count). The third-order valence-corrected chi connectivity index (χ3v) is 0.733. The molecule has 0 amide bonds. The van der Waals surface area contributed by atoms with Gasteiger partial charge >= 0.3 is 0 Å². The Bertz CT molecular complexity index is 178. The van der Waals surface area contributed by atoms with Crippen LogP contribution in [0.25, 0.3) is 0 Å². The van der Waals surface area contributed by atoms with Gasteiger partial charge in [0, 0.05) is 65.4 Å². The van der Waals surface area contributed by atoms with Crippen molar-refractivity contribution in [2.24, 2.45) is 0 Å². The molecule has 2 nitrogen and oxygen atoms in total. The predicted molar refractivity (Wildman–Crippen MR) is 27.9 cm³/mol. The largest absolute Gasteiger partial charge is 0.395 e. The molecular weight excluding hydrogens is 280 g/mol. The molecule has 0 unspecified atom stereocenters. The van der Waals surface area contributed by atoms with Gasteiger partial charge in [0.1, 0.15) is 0 Å². The minimum absolute atomic E-state index is 0. The average molecular weight is 283 g/mol. The molecule has 0 atom stereocenters. The van der Waals surface area contributed by atoms with E-state index in [1.54, 1.807) is 18.4 Å². The van der Waals surface area contributed by atoms with Gasteiger partial charge in [0.25, 0.3) is 0 Å². The van der Waals surface area contributed by atoms with Crippen molar-refractivity contribution in [2.75, 3.05) is 0 Å². The summed E-state index contributed by atoms with van der Waals surface area (Å²) in [5.74, 6) is 0. The first kappa shape index (κ1) is 13.6. The molecule has 1 aromatic heterocycles. The van der Waals surface area contributed by atoms with Crippen LogP contribution in [0.3, 0.4) is 0 Å². The van der Waals surface area contributed by atoms with Crippen molar-refractivity contribution in [3.8, 4) is 0 Å². The Morgan fingerprint density at radius 3 is 2.50 bits per heavy atom. The summed E-state index contributed by atoms with van der Waals surface area (Å²) >= 11 is 0. The molecule has 4 heteroatoms. The average Bonchev–Trinajstić information content (AvgIpc) is 1.90. The van der Waals surface area contributed by atoms with Crippen molar-refractivity contribution in [3.63, 3.8) is 0 Å². The molecule has 0 saturated heterocycles. The zero-order valence-electron chi connectivity index (χ0n) is 5.24. The summed E-state index contributed by atoms with van der Waals surface area (Å²) in [5.41, 5.74) is 0.462. The minimum atomic E-state index is 0. The number of carbonyl (C=O) groups excluding carboxylic acids is 1.